The molecule has 0 heterocycles. The van der Waals surface area contributed by atoms with Gasteiger partial charge in [0.1, 0.15) is 5.82 Å². The van der Waals surface area contributed by atoms with E-state index < -0.39 is 0 Å². The number of halogens is 1. The summed E-state index contributed by atoms with van der Waals surface area (Å²) in [6.45, 7) is 9.10. The van der Waals surface area contributed by atoms with Gasteiger partial charge in [0.05, 0.1) is 12.0 Å². The molecule has 4 heteroatoms. The molecule has 1 aromatic carbocycles. The molecule has 1 aromatic rings. The smallest absolute Gasteiger partial charge is 0.227 e. The minimum absolute atomic E-state index is 0.0793. The zero-order valence-corrected chi connectivity index (χ0v) is 13.5. The third-order valence-electron chi connectivity index (χ3n) is 3.83. The lowest BCUT2D eigenvalue weighted by atomic mass is 9.94. The molecule has 1 rings (SSSR count). The molecular weight excluding hydrogens is 267 g/mol. The number of rotatable bonds is 7. The van der Waals surface area contributed by atoms with Crippen molar-refractivity contribution >= 4 is 5.91 Å². The van der Waals surface area contributed by atoms with Crippen molar-refractivity contribution in [2.24, 2.45) is 17.6 Å². The molecule has 0 saturated heterocycles. The maximum absolute atomic E-state index is 13.0. The molecule has 3 nitrogen and oxygen atoms in total. The highest BCUT2D eigenvalue weighted by Gasteiger charge is 2.27. The summed E-state index contributed by atoms with van der Waals surface area (Å²) in [7, 11) is 0. The first-order valence-electron chi connectivity index (χ1n) is 7.66. The van der Waals surface area contributed by atoms with Crippen LogP contribution in [0.2, 0.25) is 0 Å². The Morgan fingerprint density at radius 2 is 1.81 bits per heavy atom. The third kappa shape index (κ3) is 4.81. The summed E-state index contributed by atoms with van der Waals surface area (Å²) in [5.74, 6) is 0.112. The molecule has 0 aliphatic heterocycles. The van der Waals surface area contributed by atoms with Gasteiger partial charge in [-0.15, -0.1) is 0 Å². The van der Waals surface area contributed by atoms with Crippen LogP contribution < -0.4 is 5.73 Å². The van der Waals surface area contributed by atoms with E-state index in [0.717, 1.165) is 12.0 Å². The van der Waals surface area contributed by atoms with E-state index in [1.165, 1.54) is 12.1 Å². The number of carbonyl (C=O) groups is 1. The molecule has 0 aliphatic carbocycles. The van der Waals surface area contributed by atoms with Gasteiger partial charge in [0.2, 0.25) is 5.91 Å². The zero-order valence-electron chi connectivity index (χ0n) is 13.5. The summed E-state index contributed by atoms with van der Waals surface area (Å²) in [6.07, 6.45) is 0.794. The van der Waals surface area contributed by atoms with Gasteiger partial charge < -0.3 is 10.6 Å². The predicted molar refractivity (Wildman–Crippen MR) is 84.2 cm³/mol. The summed E-state index contributed by atoms with van der Waals surface area (Å²) >= 11 is 0. The topological polar surface area (TPSA) is 46.3 Å². The van der Waals surface area contributed by atoms with Crippen LogP contribution in [0.15, 0.2) is 24.3 Å². The van der Waals surface area contributed by atoms with Crippen LogP contribution in [0.25, 0.3) is 0 Å². The first kappa shape index (κ1) is 17.6. The maximum Gasteiger partial charge on any atom is 0.227 e. The van der Waals surface area contributed by atoms with Crippen molar-refractivity contribution < 1.29 is 9.18 Å². The SMILES string of the molecule is CCN(C(=O)C(CN)CC(C)C)C(C)c1ccc(F)cc1. The quantitative estimate of drug-likeness (QED) is 0.838. The van der Waals surface area contributed by atoms with E-state index in [2.05, 4.69) is 13.8 Å². The van der Waals surface area contributed by atoms with Crippen LogP contribution in [-0.4, -0.2) is 23.9 Å². The van der Waals surface area contributed by atoms with Gasteiger partial charge in [-0.1, -0.05) is 26.0 Å². The van der Waals surface area contributed by atoms with Gasteiger partial charge in [0.15, 0.2) is 0 Å². The first-order valence-corrected chi connectivity index (χ1v) is 7.66. The number of amides is 1. The van der Waals surface area contributed by atoms with E-state index in [-0.39, 0.29) is 23.7 Å². The number of benzene rings is 1. The third-order valence-corrected chi connectivity index (χ3v) is 3.83. The molecule has 2 atom stereocenters. The van der Waals surface area contributed by atoms with Crippen LogP contribution in [0.1, 0.15) is 45.7 Å². The van der Waals surface area contributed by atoms with Crippen LogP contribution in [-0.2, 0) is 4.79 Å². The van der Waals surface area contributed by atoms with E-state index >= 15 is 0 Å². The number of hydrogen-bond acceptors (Lipinski definition) is 2. The fourth-order valence-electron chi connectivity index (χ4n) is 2.64. The van der Waals surface area contributed by atoms with Gasteiger partial charge in [-0.05, 0) is 43.9 Å². The fraction of sp³-hybridized carbons (Fsp3) is 0.588. The Balaban J connectivity index is 2.89. The van der Waals surface area contributed by atoms with Crippen molar-refractivity contribution in [3.63, 3.8) is 0 Å². The van der Waals surface area contributed by atoms with Crippen molar-refractivity contribution in [3.05, 3.63) is 35.6 Å². The summed E-state index contributed by atoms with van der Waals surface area (Å²) < 4.78 is 13.0. The normalized spacial score (nSPS) is 14.0. The lowest BCUT2D eigenvalue weighted by Gasteiger charge is -2.32. The average molecular weight is 294 g/mol. The van der Waals surface area contributed by atoms with Gasteiger partial charge in [0.25, 0.3) is 0 Å². The molecule has 0 bridgehead atoms. The van der Waals surface area contributed by atoms with Gasteiger partial charge in [-0.3, -0.25) is 4.79 Å². The zero-order chi connectivity index (χ0) is 16.0. The van der Waals surface area contributed by atoms with Crippen LogP contribution >= 0.6 is 0 Å². The standard InChI is InChI=1S/C17H27FN2O/c1-5-20(17(21)15(11-19)10-12(2)3)13(4)14-6-8-16(18)9-7-14/h6-9,12-13,15H,5,10-11,19H2,1-4H3. The van der Waals surface area contributed by atoms with E-state index in [0.29, 0.717) is 19.0 Å². The Bertz CT molecular complexity index is 445. The second kappa shape index (κ2) is 8.13. The first-order chi connectivity index (χ1) is 9.90. The number of nitrogens with zero attached hydrogens (tertiary/aromatic N) is 1. The van der Waals surface area contributed by atoms with Crippen molar-refractivity contribution in [2.45, 2.75) is 40.2 Å². The van der Waals surface area contributed by atoms with Crippen LogP contribution in [0.4, 0.5) is 4.39 Å². The van der Waals surface area contributed by atoms with Gasteiger partial charge in [0, 0.05) is 13.1 Å². The molecule has 2 N–H and O–H groups in total. The Hall–Kier alpha value is -1.42. The average Bonchev–Trinajstić information content (AvgIpc) is 2.45. The minimum atomic E-state index is -0.264. The van der Waals surface area contributed by atoms with Crippen LogP contribution in [0, 0.1) is 17.7 Å². The predicted octanol–water partition coefficient (Wildman–Crippen LogP) is 3.36. The second-order valence-electron chi connectivity index (χ2n) is 5.91. The number of hydrogen-bond donors (Lipinski definition) is 1. The monoisotopic (exact) mass is 294 g/mol. The van der Waals surface area contributed by atoms with Gasteiger partial charge in [-0.25, -0.2) is 4.39 Å². The summed E-state index contributed by atoms with van der Waals surface area (Å²) in [6, 6.07) is 6.24. The Morgan fingerprint density at radius 3 is 2.24 bits per heavy atom. The molecule has 0 aromatic heterocycles. The highest BCUT2D eigenvalue weighted by atomic mass is 19.1. The molecule has 0 radical (unpaired) electrons. The molecule has 0 saturated carbocycles. The van der Waals surface area contributed by atoms with Crippen molar-refractivity contribution in [1.29, 1.82) is 0 Å². The molecule has 0 fully saturated rings. The molecule has 21 heavy (non-hydrogen) atoms. The van der Waals surface area contributed by atoms with Crippen LogP contribution in [0.5, 0.6) is 0 Å². The highest BCUT2D eigenvalue weighted by molar-refractivity contribution is 5.79. The van der Waals surface area contributed by atoms with Crippen molar-refractivity contribution in [3.8, 4) is 0 Å². The molecule has 1 amide bonds. The van der Waals surface area contributed by atoms with Gasteiger partial charge >= 0.3 is 0 Å². The van der Waals surface area contributed by atoms with E-state index in [1.54, 1.807) is 12.1 Å². The molecular formula is C17H27FN2O. The molecule has 0 aliphatic rings. The number of carbonyl (C=O) groups excluding carboxylic acids is 1. The summed E-state index contributed by atoms with van der Waals surface area (Å²) in [4.78, 5) is 14.5. The van der Waals surface area contributed by atoms with E-state index in [9.17, 15) is 9.18 Å². The Morgan fingerprint density at radius 1 is 1.24 bits per heavy atom. The second-order valence-corrected chi connectivity index (χ2v) is 5.91. The Kier molecular flexibility index (Phi) is 6.82. The fourth-order valence-corrected chi connectivity index (χ4v) is 2.64. The van der Waals surface area contributed by atoms with Crippen LogP contribution in [0.3, 0.4) is 0 Å². The maximum atomic E-state index is 13.0. The van der Waals surface area contributed by atoms with Crippen molar-refractivity contribution in [1.82, 2.24) is 4.90 Å². The van der Waals surface area contributed by atoms with Crippen molar-refractivity contribution in [2.75, 3.05) is 13.1 Å². The van der Waals surface area contributed by atoms with E-state index in [4.69, 9.17) is 5.73 Å². The molecule has 118 valence electrons. The Labute approximate surface area is 127 Å². The number of nitrogens with two attached hydrogens (primary N) is 1. The summed E-state index contributed by atoms with van der Waals surface area (Å²) in [5.41, 5.74) is 6.71. The highest BCUT2D eigenvalue weighted by Crippen LogP contribution is 2.24. The van der Waals surface area contributed by atoms with Gasteiger partial charge in [-0.2, -0.15) is 0 Å². The summed E-state index contributed by atoms with van der Waals surface area (Å²) in [5, 5.41) is 0. The largest absolute Gasteiger partial charge is 0.336 e. The molecule has 0 spiro atoms. The molecule has 2 unspecified atom stereocenters. The minimum Gasteiger partial charge on any atom is -0.336 e. The lowest BCUT2D eigenvalue weighted by Crippen LogP contribution is -2.41. The lowest BCUT2D eigenvalue weighted by molar-refractivity contribution is -0.137. The van der Waals surface area contributed by atoms with E-state index in [1.807, 2.05) is 18.7 Å².